The van der Waals surface area contributed by atoms with Crippen molar-refractivity contribution in [3.63, 3.8) is 0 Å². The number of hydrogen-bond acceptors (Lipinski definition) is 2. The molecule has 0 spiro atoms. The van der Waals surface area contributed by atoms with Crippen LogP contribution in [0.2, 0.25) is 5.02 Å². The van der Waals surface area contributed by atoms with Crippen LogP contribution in [0.15, 0.2) is 48.7 Å². The molecule has 1 atom stereocenters. The Kier molecular flexibility index (Phi) is 4.73. The van der Waals surface area contributed by atoms with Gasteiger partial charge in [0.2, 0.25) is 0 Å². The van der Waals surface area contributed by atoms with E-state index in [1.54, 1.807) is 6.20 Å². The van der Waals surface area contributed by atoms with Gasteiger partial charge in [-0.2, -0.15) is 0 Å². The summed E-state index contributed by atoms with van der Waals surface area (Å²) in [5.41, 5.74) is 2.34. The Morgan fingerprint density at radius 3 is 2.56 bits per heavy atom. The number of halogens is 1. The van der Waals surface area contributed by atoms with Gasteiger partial charge in [0.25, 0.3) is 0 Å². The smallest absolute Gasteiger partial charge is 0.0589 e. The molecule has 18 heavy (non-hydrogen) atoms. The van der Waals surface area contributed by atoms with Crippen molar-refractivity contribution in [3.05, 3.63) is 64.9 Å². The predicted molar refractivity (Wildman–Crippen MR) is 75.8 cm³/mol. The Balaban J connectivity index is 2.14. The number of rotatable bonds is 5. The lowest BCUT2D eigenvalue weighted by Crippen LogP contribution is -2.23. The fourth-order valence-electron chi connectivity index (χ4n) is 1.98. The van der Waals surface area contributed by atoms with Crippen molar-refractivity contribution in [3.8, 4) is 0 Å². The first-order chi connectivity index (χ1) is 8.79. The highest BCUT2D eigenvalue weighted by atomic mass is 35.5. The van der Waals surface area contributed by atoms with E-state index < -0.39 is 0 Å². The minimum atomic E-state index is 0.296. The lowest BCUT2D eigenvalue weighted by Gasteiger charge is -2.18. The molecule has 0 aliphatic rings. The zero-order chi connectivity index (χ0) is 12.8. The van der Waals surface area contributed by atoms with Crippen LogP contribution >= 0.6 is 11.6 Å². The predicted octanol–water partition coefficient (Wildman–Crippen LogP) is 3.63. The number of nitrogens with one attached hydrogen (secondary N) is 1. The van der Waals surface area contributed by atoms with Crippen LogP contribution in [0.3, 0.4) is 0 Å². The Morgan fingerprint density at radius 1 is 1.17 bits per heavy atom. The van der Waals surface area contributed by atoms with Gasteiger partial charge in [-0.15, -0.1) is 0 Å². The molecule has 2 aromatic rings. The fraction of sp³-hybridized carbons (Fsp3) is 0.267. The highest BCUT2D eigenvalue weighted by Crippen LogP contribution is 2.18. The topological polar surface area (TPSA) is 24.9 Å². The molecule has 0 amide bonds. The molecule has 2 rings (SSSR count). The summed E-state index contributed by atoms with van der Waals surface area (Å²) in [4.78, 5) is 4.35. The number of pyridine rings is 1. The van der Waals surface area contributed by atoms with Crippen LogP contribution < -0.4 is 5.32 Å². The van der Waals surface area contributed by atoms with Crippen molar-refractivity contribution in [1.82, 2.24) is 10.3 Å². The first kappa shape index (κ1) is 13.1. The summed E-state index contributed by atoms with van der Waals surface area (Å²) in [5, 5.41) is 4.17. The molecule has 0 fully saturated rings. The third-order valence-electron chi connectivity index (χ3n) is 2.85. The van der Waals surface area contributed by atoms with E-state index in [0.29, 0.717) is 11.1 Å². The molecule has 0 aliphatic carbocycles. The van der Waals surface area contributed by atoms with Crippen molar-refractivity contribution in [2.75, 3.05) is 6.54 Å². The quantitative estimate of drug-likeness (QED) is 0.888. The molecule has 0 saturated carbocycles. The van der Waals surface area contributed by atoms with Gasteiger partial charge in [0.05, 0.1) is 5.02 Å². The van der Waals surface area contributed by atoms with E-state index in [1.807, 2.05) is 18.2 Å². The first-order valence-corrected chi connectivity index (χ1v) is 6.56. The summed E-state index contributed by atoms with van der Waals surface area (Å²) in [7, 11) is 0. The third kappa shape index (κ3) is 3.56. The molecular formula is C15H17ClN2. The molecule has 1 N–H and O–H groups in total. The summed E-state index contributed by atoms with van der Waals surface area (Å²) in [6.45, 7) is 3.05. The van der Waals surface area contributed by atoms with Crippen LogP contribution in [0.25, 0.3) is 0 Å². The highest BCUT2D eigenvalue weighted by molar-refractivity contribution is 6.30. The average Bonchev–Trinajstić information content (AvgIpc) is 2.42. The number of benzene rings is 1. The molecule has 3 heteroatoms. The third-order valence-corrected chi connectivity index (χ3v) is 3.08. The summed E-state index contributed by atoms with van der Waals surface area (Å²) in [6, 6.07) is 14.6. The zero-order valence-corrected chi connectivity index (χ0v) is 11.2. The summed E-state index contributed by atoms with van der Waals surface area (Å²) in [5.74, 6) is 0. The Bertz CT molecular complexity index is 468. The molecule has 0 radical (unpaired) electrons. The van der Waals surface area contributed by atoms with E-state index in [-0.39, 0.29) is 0 Å². The number of aromatic nitrogens is 1. The van der Waals surface area contributed by atoms with E-state index in [1.165, 1.54) is 5.56 Å². The molecule has 1 aromatic heterocycles. The van der Waals surface area contributed by atoms with Gasteiger partial charge in [-0.05, 0) is 24.2 Å². The van der Waals surface area contributed by atoms with E-state index in [2.05, 4.69) is 41.5 Å². The lowest BCUT2D eigenvalue weighted by molar-refractivity contribution is 0.544. The van der Waals surface area contributed by atoms with Crippen LogP contribution in [0.5, 0.6) is 0 Å². The largest absolute Gasteiger partial charge is 0.310 e. The van der Waals surface area contributed by atoms with E-state index in [4.69, 9.17) is 11.6 Å². The number of likely N-dealkylation sites (N-methyl/N-ethyl adjacent to an activating group) is 1. The molecule has 2 nitrogen and oxygen atoms in total. The highest BCUT2D eigenvalue weighted by Gasteiger charge is 2.11. The molecule has 1 unspecified atom stereocenters. The van der Waals surface area contributed by atoms with Gasteiger partial charge in [-0.1, -0.05) is 48.9 Å². The minimum absolute atomic E-state index is 0.296. The number of nitrogens with zero attached hydrogens (tertiary/aromatic N) is 1. The molecule has 0 saturated heterocycles. The Morgan fingerprint density at radius 2 is 1.94 bits per heavy atom. The maximum absolute atomic E-state index is 5.85. The van der Waals surface area contributed by atoms with Gasteiger partial charge in [-0.3, -0.25) is 4.98 Å². The van der Waals surface area contributed by atoms with Crippen molar-refractivity contribution in [2.24, 2.45) is 0 Å². The number of hydrogen-bond donors (Lipinski definition) is 1. The molecular weight excluding hydrogens is 244 g/mol. The van der Waals surface area contributed by atoms with Crippen molar-refractivity contribution < 1.29 is 0 Å². The second-order valence-electron chi connectivity index (χ2n) is 4.19. The van der Waals surface area contributed by atoms with Crippen LogP contribution in [0.1, 0.15) is 24.2 Å². The van der Waals surface area contributed by atoms with E-state index in [9.17, 15) is 0 Å². The SMILES string of the molecule is CCNC(Cc1ccc(Cl)cn1)c1ccccc1. The molecule has 1 aromatic carbocycles. The van der Waals surface area contributed by atoms with Crippen LogP contribution in [-0.2, 0) is 6.42 Å². The standard InChI is InChI=1S/C15H17ClN2/c1-2-17-15(12-6-4-3-5-7-12)10-14-9-8-13(16)11-18-14/h3-9,11,15,17H,2,10H2,1H3. The van der Waals surface area contributed by atoms with Crippen LogP contribution in [-0.4, -0.2) is 11.5 Å². The van der Waals surface area contributed by atoms with Crippen molar-refractivity contribution in [1.29, 1.82) is 0 Å². The van der Waals surface area contributed by atoms with Crippen LogP contribution in [0.4, 0.5) is 0 Å². The van der Waals surface area contributed by atoms with Crippen molar-refractivity contribution >= 4 is 11.6 Å². The molecule has 94 valence electrons. The van der Waals surface area contributed by atoms with Gasteiger partial charge in [0.1, 0.15) is 0 Å². The maximum atomic E-state index is 5.85. The normalized spacial score (nSPS) is 12.3. The Labute approximate surface area is 113 Å². The molecule has 0 aliphatic heterocycles. The summed E-state index contributed by atoms with van der Waals surface area (Å²) in [6.07, 6.45) is 2.57. The Hall–Kier alpha value is -1.38. The van der Waals surface area contributed by atoms with E-state index in [0.717, 1.165) is 18.7 Å². The summed E-state index contributed by atoms with van der Waals surface area (Å²) < 4.78 is 0. The zero-order valence-electron chi connectivity index (χ0n) is 10.4. The van der Waals surface area contributed by atoms with Crippen molar-refractivity contribution in [2.45, 2.75) is 19.4 Å². The van der Waals surface area contributed by atoms with Crippen LogP contribution in [0, 0.1) is 0 Å². The fourth-order valence-corrected chi connectivity index (χ4v) is 2.09. The maximum Gasteiger partial charge on any atom is 0.0589 e. The lowest BCUT2D eigenvalue weighted by atomic mass is 10.0. The monoisotopic (exact) mass is 260 g/mol. The minimum Gasteiger partial charge on any atom is -0.310 e. The van der Waals surface area contributed by atoms with Gasteiger partial charge in [0.15, 0.2) is 0 Å². The second kappa shape index (κ2) is 6.53. The summed E-state index contributed by atoms with van der Waals surface area (Å²) >= 11 is 5.85. The molecule has 1 heterocycles. The van der Waals surface area contributed by atoms with Gasteiger partial charge < -0.3 is 5.32 Å². The second-order valence-corrected chi connectivity index (χ2v) is 4.63. The first-order valence-electron chi connectivity index (χ1n) is 6.18. The van der Waals surface area contributed by atoms with E-state index >= 15 is 0 Å². The average molecular weight is 261 g/mol. The van der Waals surface area contributed by atoms with Gasteiger partial charge in [-0.25, -0.2) is 0 Å². The molecule has 0 bridgehead atoms. The van der Waals surface area contributed by atoms with Gasteiger partial charge in [0, 0.05) is 24.4 Å². The van der Waals surface area contributed by atoms with Gasteiger partial charge >= 0.3 is 0 Å².